The summed E-state index contributed by atoms with van der Waals surface area (Å²) < 4.78 is 12.4. The van der Waals surface area contributed by atoms with Crippen molar-refractivity contribution in [3.05, 3.63) is 27.9 Å². The monoisotopic (exact) mass is 371 g/mol. The number of primary amides is 1. The third kappa shape index (κ3) is 2.74. The zero-order chi connectivity index (χ0) is 17.6. The lowest BCUT2D eigenvalue weighted by Crippen LogP contribution is -2.23. The molecule has 0 saturated carbocycles. The van der Waals surface area contributed by atoms with Crippen molar-refractivity contribution in [3.8, 4) is 5.75 Å². The Morgan fingerprint density at radius 1 is 1.38 bits per heavy atom. The number of amides is 2. The molecule has 1 aromatic heterocycles. The van der Waals surface area contributed by atoms with E-state index in [1.807, 2.05) is 0 Å². The van der Waals surface area contributed by atoms with Crippen molar-refractivity contribution in [1.82, 2.24) is 9.47 Å². The highest BCUT2D eigenvalue weighted by molar-refractivity contribution is 6.46. The van der Waals surface area contributed by atoms with Gasteiger partial charge in [-0.2, -0.15) is 0 Å². The Hall–Kier alpha value is -2.12. The Morgan fingerprint density at radius 2 is 2.08 bits per heavy atom. The molecule has 2 amide bonds. The van der Waals surface area contributed by atoms with Crippen LogP contribution in [0.3, 0.4) is 0 Å². The summed E-state index contributed by atoms with van der Waals surface area (Å²) >= 11 is 12.5. The summed E-state index contributed by atoms with van der Waals surface area (Å²) in [5.74, 6) is -0.221. The summed E-state index contributed by atoms with van der Waals surface area (Å²) in [4.78, 5) is 24.3. The largest absolute Gasteiger partial charge is 0.488 e. The first-order chi connectivity index (χ1) is 11.3. The number of halogens is 2. The molecule has 1 aliphatic rings. The molecule has 0 aliphatic carbocycles. The van der Waals surface area contributed by atoms with E-state index in [-0.39, 0.29) is 22.8 Å². The van der Waals surface area contributed by atoms with Crippen LogP contribution in [0.4, 0.5) is 4.79 Å². The van der Waals surface area contributed by atoms with Crippen LogP contribution in [0.15, 0.2) is 12.1 Å². The summed E-state index contributed by atoms with van der Waals surface area (Å²) in [5.41, 5.74) is 6.32. The normalized spacial score (nSPS) is 17.4. The lowest BCUT2D eigenvalue weighted by Gasteiger charge is -2.13. The molecule has 2 N–H and O–H groups in total. The molecule has 9 heteroatoms. The van der Waals surface area contributed by atoms with Crippen LogP contribution in [0.1, 0.15) is 10.5 Å². The zero-order valence-electron chi connectivity index (χ0n) is 13.0. The average molecular weight is 372 g/mol. The first-order valence-electron chi connectivity index (χ1n) is 7.11. The maximum Gasteiger partial charge on any atom is 0.410 e. The van der Waals surface area contributed by atoms with E-state index < -0.39 is 12.0 Å². The SMILES string of the molecule is CN1CC(COc2cc3c(cc(C(N)=O)n3C)c(Cl)c2Cl)OC1=O. The number of nitrogens with two attached hydrogens (primary N) is 1. The molecular weight excluding hydrogens is 357 g/mol. The number of aromatic nitrogens is 1. The predicted octanol–water partition coefficient (Wildman–Crippen LogP) is 2.41. The van der Waals surface area contributed by atoms with Crippen molar-refractivity contribution in [1.29, 1.82) is 0 Å². The Morgan fingerprint density at radius 3 is 2.67 bits per heavy atom. The van der Waals surface area contributed by atoms with Crippen molar-refractivity contribution in [2.24, 2.45) is 12.8 Å². The number of likely N-dealkylation sites (N-methyl/N-ethyl adjacent to an activating group) is 1. The van der Waals surface area contributed by atoms with Crippen LogP contribution >= 0.6 is 23.2 Å². The highest BCUT2D eigenvalue weighted by atomic mass is 35.5. The van der Waals surface area contributed by atoms with E-state index in [0.29, 0.717) is 28.9 Å². The number of ether oxygens (including phenoxy) is 2. The van der Waals surface area contributed by atoms with Gasteiger partial charge in [-0.15, -0.1) is 0 Å². The summed E-state index contributed by atoms with van der Waals surface area (Å²) in [6.07, 6.45) is -0.778. The fourth-order valence-electron chi connectivity index (χ4n) is 2.64. The number of aryl methyl sites for hydroxylation is 1. The van der Waals surface area contributed by atoms with Crippen LogP contribution in [-0.4, -0.2) is 47.8 Å². The minimum Gasteiger partial charge on any atom is -0.488 e. The molecule has 128 valence electrons. The fraction of sp³-hybridized carbons (Fsp3) is 0.333. The summed E-state index contributed by atoms with van der Waals surface area (Å²) in [7, 11) is 3.34. The van der Waals surface area contributed by atoms with E-state index in [4.69, 9.17) is 38.4 Å². The molecule has 1 aliphatic heterocycles. The quantitative estimate of drug-likeness (QED) is 0.893. The number of fused-ring (bicyclic) bond motifs is 1. The van der Waals surface area contributed by atoms with Crippen LogP contribution in [0, 0.1) is 0 Å². The maximum atomic E-state index is 11.5. The molecule has 0 spiro atoms. The molecule has 1 saturated heterocycles. The minimum absolute atomic E-state index is 0.144. The Balaban J connectivity index is 1.91. The summed E-state index contributed by atoms with van der Waals surface area (Å²) in [6.45, 7) is 0.577. The third-order valence-corrected chi connectivity index (χ3v) is 4.79. The standard InChI is InChI=1S/C15H15Cl2N3O4/c1-19-5-7(24-15(19)22)6-23-11-4-9-8(12(16)13(11)17)3-10(14(18)21)20(9)2/h3-4,7H,5-6H2,1-2H3,(H2,18,21). The zero-order valence-corrected chi connectivity index (χ0v) is 14.5. The molecule has 1 aromatic carbocycles. The lowest BCUT2D eigenvalue weighted by molar-refractivity contribution is 0.0992. The van der Waals surface area contributed by atoms with Gasteiger partial charge in [0.2, 0.25) is 0 Å². The molecule has 7 nitrogen and oxygen atoms in total. The number of rotatable bonds is 4. The Bertz CT molecular complexity index is 849. The number of nitrogens with zero attached hydrogens (tertiary/aromatic N) is 2. The molecule has 3 rings (SSSR count). The van der Waals surface area contributed by atoms with Gasteiger partial charge in [0, 0.05) is 25.5 Å². The Kier molecular flexibility index (Phi) is 4.23. The van der Waals surface area contributed by atoms with Gasteiger partial charge in [-0.3, -0.25) is 4.79 Å². The van der Waals surface area contributed by atoms with Crippen molar-refractivity contribution in [3.63, 3.8) is 0 Å². The van der Waals surface area contributed by atoms with Gasteiger partial charge in [0.1, 0.15) is 23.1 Å². The van der Waals surface area contributed by atoms with Crippen molar-refractivity contribution < 1.29 is 19.1 Å². The maximum absolute atomic E-state index is 11.5. The van der Waals surface area contributed by atoms with Gasteiger partial charge in [-0.1, -0.05) is 23.2 Å². The smallest absolute Gasteiger partial charge is 0.410 e. The van der Waals surface area contributed by atoms with Crippen LogP contribution in [0.5, 0.6) is 5.75 Å². The van der Waals surface area contributed by atoms with Gasteiger partial charge in [0.25, 0.3) is 5.91 Å². The van der Waals surface area contributed by atoms with Crippen LogP contribution in [-0.2, 0) is 11.8 Å². The molecule has 2 heterocycles. The van der Waals surface area contributed by atoms with Crippen LogP contribution in [0.2, 0.25) is 10.0 Å². The number of hydrogen-bond acceptors (Lipinski definition) is 4. The number of hydrogen-bond donors (Lipinski definition) is 1. The second-order valence-corrected chi connectivity index (χ2v) is 6.34. The second-order valence-electron chi connectivity index (χ2n) is 5.59. The summed E-state index contributed by atoms with van der Waals surface area (Å²) in [5, 5.41) is 1.11. The molecule has 2 aromatic rings. The van der Waals surface area contributed by atoms with Gasteiger partial charge in [0.15, 0.2) is 6.10 Å². The summed E-state index contributed by atoms with van der Waals surface area (Å²) in [6, 6.07) is 3.26. The van der Waals surface area contributed by atoms with E-state index in [1.54, 1.807) is 30.8 Å². The second kappa shape index (κ2) is 6.07. The molecule has 1 atom stereocenters. The van der Waals surface area contributed by atoms with E-state index in [9.17, 15) is 9.59 Å². The van der Waals surface area contributed by atoms with Crippen molar-refractivity contribution in [2.45, 2.75) is 6.10 Å². The molecule has 1 fully saturated rings. The topological polar surface area (TPSA) is 86.8 Å². The minimum atomic E-state index is -0.565. The fourth-order valence-corrected chi connectivity index (χ4v) is 3.10. The van der Waals surface area contributed by atoms with E-state index in [2.05, 4.69) is 0 Å². The predicted molar refractivity (Wildman–Crippen MR) is 89.9 cm³/mol. The van der Waals surface area contributed by atoms with E-state index in [0.717, 1.165) is 0 Å². The van der Waals surface area contributed by atoms with E-state index in [1.165, 1.54) is 4.90 Å². The van der Waals surface area contributed by atoms with Gasteiger partial charge in [0.05, 0.1) is 17.1 Å². The number of carbonyl (C=O) groups excluding carboxylic acids is 2. The third-order valence-electron chi connectivity index (χ3n) is 3.93. The van der Waals surface area contributed by atoms with Crippen molar-refractivity contribution in [2.75, 3.05) is 20.2 Å². The highest BCUT2D eigenvalue weighted by Gasteiger charge is 2.29. The van der Waals surface area contributed by atoms with Gasteiger partial charge < -0.3 is 24.7 Å². The molecule has 0 bridgehead atoms. The first-order valence-corrected chi connectivity index (χ1v) is 7.87. The molecule has 0 radical (unpaired) electrons. The molecular formula is C15H15Cl2N3O4. The van der Waals surface area contributed by atoms with Gasteiger partial charge in [-0.25, -0.2) is 4.79 Å². The van der Waals surface area contributed by atoms with Crippen LogP contribution < -0.4 is 10.5 Å². The Labute approximate surface area is 147 Å². The van der Waals surface area contributed by atoms with Gasteiger partial charge >= 0.3 is 6.09 Å². The highest BCUT2D eigenvalue weighted by Crippen LogP contribution is 2.39. The first kappa shape index (κ1) is 16.7. The van der Waals surface area contributed by atoms with E-state index >= 15 is 0 Å². The number of benzene rings is 1. The van der Waals surface area contributed by atoms with Crippen LogP contribution in [0.25, 0.3) is 10.9 Å². The van der Waals surface area contributed by atoms with Gasteiger partial charge in [-0.05, 0) is 6.07 Å². The average Bonchev–Trinajstić information content (AvgIpc) is 3.02. The number of cyclic esters (lactones) is 1. The van der Waals surface area contributed by atoms with Crippen molar-refractivity contribution >= 4 is 46.1 Å². The molecule has 24 heavy (non-hydrogen) atoms. The molecule has 1 unspecified atom stereocenters. The number of carbonyl (C=O) groups is 2. The lowest BCUT2D eigenvalue weighted by atomic mass is 10.2.